The summed E-state index contributed by atoms with van der Waals surface area (Å²) >= 11 is 0. The number of benzene rings is 1. The molecule has 2 N–H and O–H groups in total. The van der Waals surface area contributed by atoms with Crippen LogP contribution in [-0.2, 0) is 7.05 Å². The molecular formula is C12H11N3O. The van der Waals surface area contributed by atoms with Crippen molar-refractivity contribution in [2.24, 2.45) is 7.05 Å². The van der Waals surface area contributed by atoms with E-state index in [0.717, 1.165) is 16.8 Å². The summed E-state index contributed by atoms with van der Waals surface area (Å²) < 4.78 is 7.42. The second-order valence-corrected chi connectivity index (χ2v) is 3.70. The summed E-state index contributed by atoms with van der Waals surface area (Å²) in [5.74, 6) is 1.25. The molecule has 0 saturated heterocycles. The highest BCUT2D eigenvalue weighted by atomic mass is 16.3. The number of furan rings is 1. The minimum atomic E-state index is 0.430. The minimum absolute atomic E-state index is 0.430. The average Bonchev–Trinajstić information content (AvgIpc) is 2.83. The van der Waals surface area contributed by atoms with Crippen LogP contribution in [-0.4, -0.2) is 9.78 Å². The maximum Gasteiger partial charge on any atom is 0.196 e. The van der Waals surface area contributed by atoms with Crippen LogP contribution < -0.4 is 5.73 Å². The lowest BCUT2D eigenvalue weighted by molar-refractivity contribution is 0.632. The van der Waals surface area contributed by atoms with Gasteiger partial charge in [-0.25, -0.2) is 0 Å². The summed E-state index contributed by atoms with van der Waals surface area (Å²) in [7, 11) is 1.85. The van der Waals surface area contributed by atoms with Gasteiger partial charge >= 0.3 is 0 Å². The van der Waals surface area contributed by atoms with E-state index in [4.69, 9.17) is 10.2 Å². The Morgan fingerprint density at radius 2 is 2.00 bits per heavy atom. The predicted octanol–water partition coefficient (Wildman–Crippen LogP) is 2.42. The Bertz CT molecular complexity index is 602. The van der Waals surface area contributed by atoms with Crippen molar-refractivity contribution < 1.29 is 4.42 Å². The van der Waals surface area contributed by atoms with E-state index in [1.54, 1.807) is 4.68 Å². The molecule has 16 heavy (non-hydrogen) atoms. The molecular weight excluding hydrogens is 202 g/mol. The van der Waals surface area contributed by atoms with E-state index in [1.165, 1.54) is 0 Å². The Hall–Kier alpha value is -2.23. The van der Waals surface area contributed by atoms with Crippen molar-refractivity contribution in [1.82, 2.24) is 9.78 Å². The third-order valence-electron chi connectivity index (χ3n) is 2.61. The number of hydrogen-bond acceptors (Lipinski definition) is 3. The molecule has 80 valence electrons. The SMILES string of the molecule is Cn1nc(N)c2oc(-c3ccccc3)cc21. The molecule has 4 nitrogen and oxygen atoms in total. The molecule has 0 spiro atoms. The fourth-order valence-electron chi connectivity index (χ4n) is 1.81. The van der Waals surface area contributed by atoms with Gasteiger partial charge in [0, 0.05) is 18.7 Å². The molecule has 2 heterocycles. The molecule has 0 aliphatic rings. The lowest BCUT2D eigenvalue weighted by Gasteiger charge is -1.94. The molecule has 0 saturated carbocycles. The second-order valence-electron chi connectivity index (χ2n) is 3.70. The lowest BCUT2D eigenvalue weighted by Crippen LogP contribution is -1.91. The zero-order valence-electron chi connectivity index (χ0n) is 8.84. The lowest BCUT2D eigenvalue weighted by atomic mass is 10.2. The molecule has 0 unspecified atom stereocenters. The van der Waals surface area contributed by atoms with Gasteiger partial charge in [-0.2, -0.15) is 5.10 Å². The number of hydrogen-bond donors (Lipinski definition) is 1. The standard InChI is InChI=1S/C12H11N3O/c1-15-9-7-10(8-5-3-2-4-6-8)16-11(9)12(13)14-15/h2-7H,1H3,(H2,13,14). The summed E-state index contributed by atoms with van der Waals surface area (Å²) in [6.07, 6.45) is 0. The number of nitrogens with zero attached hydrogens (tertiary/aromatic N) is 2. The molecule has 3 aromatic rings. The van der Waals surface area contributed by atoms with E-state index in [0.29, 0.717) is 11.4 Å². The van der Waals surface area contributed by atoms with Gasteiger partial charge in [0.25, 0.3) is 0 Å². The number of fused-ring (bicyclic) bond motifs is 1. The maximum absolute atomic E-state index is 5.74. The second kappa shape index (κ2) is 3.13. The van der Waals surface area contributed by atoms with Crippen LogP contribution in [0.25, 0.3) is 22.4 Å². The van der Waals surface area contributed by atoms with Crippen LogP contribution in [0.15, 0.2) is 40.8 Å². The average molecular weight is 213 g/mol. The summed E-state index contributed by atoms with van der Waals surface area (Å²) in [5, 5.41) is 4.09. The van der Waals surface area contributed by atoms with Gasteiger partial charge in [0.1, 0.15) is 11.3 Å². The van der Waals surface area contributed by atoms with Gasteiger partial charge in [0.2, 0.25) is 0 Å². The van der Waals surface area contributed by atoms with Crippen molar-refractivity contribution in [1.29, 1.82) is 0 Å². The van der Waals surface area contributed by atoms with E-state index >= 15 is 0 Å². The van der Waals surface area contributed by atoms with E-state index in [-0.39, 0.29) is 0 Å². The van der Waals surface area contributed by atoms with Crippen molar-refractivity contribution in [3.05, 3.63) is 36.4 Å². The Labute approximate surface area is 92.3 Å². The fraction of sp³-hybridized carbons (Fsp3) is 0.0833. The van der Waals surface area contributed by atoms with Gasteiger partial charge < -0.3 is 10.2 Å². The first-order chi connectivity index (χ1) is 7.75. The molecule has 0 fully saturated rings. The quantitative estimate of drug-likeness (QED) is 0.675. The van der Waals surface area contributed by atoms with Crippen LogP contribution in [0.3, 0.4) is 0 Å². The van der Waals surface area contributed by atoms with Gasteiger partial charge in [-0.15, -0.1) is 0 Å². The highest BCUT2D eigenvalue weighted by molar-refractivity contribution is 5.87. The van der Waals surface area contributed by atoms with Crippen molar-refractivity contribution >= 4 is 16.9 Å². The van der Waals surface area contributed by atoms with Crippen LogP contribution in [0.4, 0.5) is 5.82 Å². The van der Waals surface area contributed by atoms with Gasteiger partial charge in [0.05, 0.1) is 0 Å². The topological polar surface area (TPSA) is 57.0 Å². The molecule has 0 aliphatic heterocycles. The predicted molar refractivity (Wildman–Crippen MR) is 62.8 cm³/mol. The van der Waals surface area contributed by atoms with E-state index in [2.05, 4.69) is 5.10 Å². The Kier molecular flexibility index (Phi) is 1.77. The maximum atomic E-state index is 5.74. The summed E-state index contributed by atoms with van der Waals surface area (Å²) in [6.45, 7) is 0. The first-order valence-electron chi connectivity index (χ1n) is 5.03. The monoisotopic (exact) mass is 213 g/mol. The normalized spacial score (nSPS) is 11.1. The van der Waals surface area contributed by atoms with Crippen LogP contribution >= 0.6 is 0 Å². The Balaban J connectivity index is 2.23. The molecule has 0 atom stereocenters. The smallest absolute Gasteiger partial charge is 0.196 e. The largest absolute Gasteiger partial charge is 0.450 e. The third kappa shape index (κ3) is 1.20. The number of aryl methyl sites for hydroxylation is 1. The van der Waals surface area contributed by atoms with Crippen molar-refractivity contribution in [3.63, 3.8) is 0 Å². The summed E-state index contributed by atoms with van der Waals surface area (Å²) in [4.78, 5) is 0. The van der Waals surface area contributed by atoms with Gasteiger partial charge in [-0.05, 0) is 0 Å². The number of aromatic nitrogens is 2. The molecule has 2 aromatic heterocycles. The summed E-state index contributed by atoms with van der Waals surface area (Å²) in [5.41, 5.74) is 8.35. The fourth-order valence-corrected chi connectivity index (χ4v) is 1.81. The number of rotatable bonds is 1. The highest BCUT2D eigenvalue weighted by Gasteiger charge is 2.13. The number of nitrogens with two attached hydrogens (primary N) is 1. The highest BCUT2D eigenvalue weighted by Crippen LogP contribution is 2.30. The zero-order chi connectivity index (χ0) is 11.1. The number of nitrogen functional groups attached to an aromatic ring is 1. The minimum Gasteiger partial charge on any atom is -0.450 e. The molecule has 3 rings (SSSR count). The van der Waals surface area contributed by atoms with Gasteiger partial charge in [-0.1, -0.05) is 30.3 Å². The van der Waals surface area contributed by atoms with Crippen molar-refractivity contribution in [2.75, 3.05) is 5.73 Å². The summed E-state index contributed by atoms with van der Waals surface area (Å²) in [6, 6.07) is 11.9. The van der Waals surface area contributed by atoms with E-state index in [9.17, 15) is 0 Å². The Morgan fingerprint density at radius 1 is 1.25 bits per heavy atom. The molecule has 1 aromatic carbocycles. The van der Waals surface area contributed by atoms with E-state index in [1.807, 2.05) is 43.4 Å². The van der Waals surface area contributed by atoms with E-state index < -0.39 is 0 Å². The molecule has 0 aliphatic carbocycles. The van der Waals surface area contributed by atoms with Crippen molar-refractivity contribution in [2.45, 2.75) is 0 Å². The zero-order valence-corrected chi connectivity index (χ0v) is 8.84. The van der Waals surface area contributed by atoms with Crippen LogP contribution in [0.5, 0.6) is 0 Å². The van der Waals surface area contributed by atoms with Crippen LogP contribution in [0.1, 0.15) is 0 Å². The first-order valence-corrected chi connectivity index (χ1v) is 5.03. The van der Waals surface area contributed by atoms with Crippen LogP contribution in [0, 0.1) is 0 Å². The molecule has 0 radical (unpaired) electrons. The first kappa shape index (κ1) is 9.03. The molecule has 0 bridgehead atoms. The van der Waals surface area contributed by atoms with Crippen molar-refractivity contribution in [3.8, 4) is 11.3 Å². The van der Waals surface area contributed by atoms with Gasteiger partial charge in [-0.3, -0.25) is 4.68 Å². The third-order valence-corrected chi connectivity index (χ3v) is 2.61. The van der Waals surface area contributed by atoms with Crippen LogP contribution in [0.2, 0.25) is 0 Å². The number of anilines is 1. The Morgan fingerprint density at radius 3 is 2.69 bits per heavy atom. The molecule has 4 heteroatoms. The van der Waals surface area contributed by atoms with Gasteiger partial charge in [0.15, 0.2) is 11.4 Å². The molecule has 0 amide bonds.